The van der Waals surface area contributed by atoms with E-state index < -0.39 is 60.0 Å². The van der Waals surface area contributed by atoms with Crippen LogP contribution in [0, 0.1) is 29.1 Å². The van der Waals surface area contributed by atoms with E-state index in [-0.39, 0.29) is 54.8 Å². The molecule has 10 atom stereocenters. The van der Waals surface area contributed by atoms with Crippen molar-refractivity contribution in [2.45, 2.75) is 149 Å². The highest BCUT2D eigenvalue weighted by molar-refractivity contribution is 5.70. The van der Waals surface area contributed by atoms with Crippen molar-refractivity contribution >= 4 is 23.8 Å². The highest BCUT2D eigenvalue weighted by Gasteiger charge is 2.52. The highest BCUT2D eigenvalue weighted by atomic mass is 16.7. The van der Waals surface area contributed by atoms with Crippen molar-refractivity contribution in [1.29, 1.82) is 0 Å². The molecular weight excluding hydrogens is 720 g/mol. The number of aliphatic hydroxyl groups excluding tert-OH is 1. The van der Waals surface area contributed by atoms with E-state index in [2.05, 4.69) is 36.7 Å². The number of carbonyl (C=O) groups is 3. The van der Waals surface area contributed by atoms with E-state index in [0.29, 0.717) is 37.3 Å². The molecule has 14 heteroatoms. The van der Waals surface area contributed by atoms with Crippen molar-refractivity contribution in [3.8, 4) is 0 Å². The Morgan fingerprint density at radius 2 is 1.66 bits per heavy atom. The molecule has 0 spiro atoms. The molecule has 10 unspecified atom stereocenters. The van der Waals surface area contributed by atoms with Crippen LogP contribution in [0.5, 0.6) is 0 Å². The van der Waals surface area contributed by atoms with Gasteiger partial charge in [0.25, 0.3) is 0 Å². The lowest BCUT2D eigenvalue weighted by molar-refractivity contribution is -0.278. The molecule has 14 nitrogen and oxygen atoms in total. The van der Waals surface area contributed by atoms with Crippen LogP contribution < -0.4 is 21.7 Å². The number of hydrogen-bond acceptors (Lipinski definition) is 12. The van der Waals surface area contributed by atoms with Gasteiger partial charge in [-0.05, 0) is 103 Å². The second kappa shape index (κ2) is 18.8. The van der Waals surface area contributed by atoms with Crippen LogP contribution in [0.2, 0.25) is 0 Å². The summed E-state index contributed by atoms with van der Waals surface area (Å²) in [5, 5.41) is 21.7. The maximum absolute atomic E-state index is 13.2. The molecule has 1 aromatic rings. The van der Waals surface area contributed by atoms with Crippen LogP contribution in [0.3, 0.4) is 0 Å². The molecule has 2 amide bonds. The standard InChI is InChI=1S/C42H68N4O10/c1-24-20-27(14-19-31(47)55-40(3,4)5)32(33(48)34(24)54-37-25(2)36(44-11)42(9,10)23-52-37)35-30(46-39(50)56-41(6,7)8)18-17-29(53-35)21-45-38(49)51-22-26-12-15-28(43)16-13-26/h12-13,15-17,24-25,27,30,32-37,44,48H,14,18-23,43H2,1-11H3,(H,45,49)(H,46,50). The fourth-order valence-corrected chi connectivity index (χ4v) is 8.40. The molecule has 1 saturated heterocycles. The summed E-state index contributed by atoms with van der Waals surface area (Å²) in [5.41, 5.74) is 5.63. The maximum atomic E-state index is 13.2. The molecule has 2 heterocycles. The van der Waals surface area contributed by atoms with Gasteiger partial charge in [-0.15, -0.1) is 0 Å². The summed E-state index contributed by atoms with van der Waals surface area (Å²) < 4.78 is 36.4. The summed E-state index contributed by atoms with van der Waals surface area (Å²) in [7, 11) is 1.94. The van der Waals surface area contributed by atoms with Crippen LogP contribution in [0.1, 0.15) is 100 Å². The Hall–Kier alpha value is -3.59. The summed E-state index contributed by atoms with van der Waals surface area (Å²) in [6.07, 6.45) is -1.09. The van der Waals surface area contributed by atoms with Gasteiger partial charge < -0.3 is 55.2 Å². The number of hydrogen-bond donors (Lipinski definition) is 5. The predicted molar refractivity (Wildman–Crippen MR) is 212 cm³/mol. The van der Waals surface area contributed by atoms with Gasteiger partial charge in [-0.25, -0.2) is 9.59 Å². The zero-order valence-corrected chi connectivity index (χ0v) is 35.3. The lowest BCUT2D eigenvalue weighted by Gasteiger charge is -2.52. The van der Waals surface area contributed by atoms with E-state index in [9.17, 15) is 19.5 Å². The molecule has 2 aliphatic heterocycles. The fraction of sp³-hybridized carbons (Fsp3) is 0.738. The van der Waals surface area contributed by atoms with Gasteiger partial charge in [-0.3, -0.25) is 4.79 Å². The Morgan fingerprint density at radius 1 is 1.00 bits per heavy atom. The third-order valence-corrected chi connectivity index (χ3v) is 10.8. The van der Waals surface area contributed by atoms with Crippen LogP contribution in [0.4, 0.5) is 15.3 Å². The molecule has 56 heavy (non-hydrogen) atoms. The van der Waals surface area contributed by atoms with E-state index >= 15 is 0 Å². The molecule has 0 radical (unpaired) electrons. The number of rotatable bonds is 12. The van der Waals surface area contributed by atoms with E-state index in [1.165, 1.54) is 0 Å². The summed E-state index contributed by atoms with van der Waals surface area (Å²) in [4.78, 5) is 39.0. The number of benzene rings is 1. The van der Waals surface area contributed by atoms with Gasteiger partial charge in [0.05, 0.1) is 31.4 Å². The molecule has 6 N–H and O–H groups in total. The molecule has 1 aliphatic carbocycles. The quantitative estimate of drug-likeness (QED) is 0.0974. The highest BCUT2D eigenvalue weighted by Crippen LogP contribution is 2.45. The fourth-order valence-electron chi connectivity index (χ4n) is 8.40. The molecular formula is C42H68N4O10. The van der Waals surface area contributed by atoms with Crippen molar-refractivity contribution in [3.63, 3.8) is 0 Å². The first-order valence-corrected chi connectivity index (χ1v) is 20.0. The minimum atomic E-state index is -1.08. The number of nitrogen functional groups attached to an aromatic ring is 1. The Labute approximate surface area is 333 Å². The number of alkyl carbamates (subject to hydrolysis) is 2. The van der Waals surface area contributed by atoms with Crippen LogP contribution in [0.25, 0.3) is 0 Å². The summed E-state index contributed by atoms with van der Waals surface area (Å²) in [6, 6.07) is 6.52. The molecule has 1 saturated carbocycles. The average Bonchev–Trinajstić information content (AvgIpc) is 3.08. The molecule has 3 aliphatic rings. The van der Waals surface area contributed by atoms with E-state index in [1.54, 1.807) is 51.1 Å². The molecule has 316 valence electrons. The van der Waals surface area contributed by atoms with Crippen molar-refractivity contribution in [1.82, 2.24) is 16.0 Å². The molecule has 4 rings (SSSR count). The van der Waals surface area contributed by atoms with Crippen molar-refractivity contribution < 1.29 is 47.9 Å². The molecule has 0 bridgehead atoms. The number of anilines is 1. The number of esters is 1. The molecule has 0 aromatic heterocycles. The minimum absolute atomic E-state index is 0.00652. The van der Waals surface area contributed by atoms with Crippen molar-refractivity contribution in [2.24, 2.45) is 29.1 Å². The number of carbonyl (C=O) groups excluding carboxylic acids is 3. The van der Waals surface area contributed by atoms with Crippen LogP contribution in [0.15, 0.2) is 36.1 Å². The van der Waals surface area contributed by atoms with Crippen molar-refractivity contribution in [2.75, 3.05) is 25.9 Å². The zero-order chi connectivity index (χ0) is 41.6. The maximum Gasteiger partial charge on any atom is 0.408 e. The van der Waals surface area contributed by atoms with Gasteiger partial charge in [0.1, 0.15) is 29.7 Å². The van der Waals surface area contributed by atoms with Gasteiger partial charge in [0.15, 0.2) is 6.29 Å². The average molecular weight is 789 g/mol. The normalized spacial score (nSPS) is 30.6. The predicted octanol–water partition coefficient (Wildman–Crippen LogP) is 5.81. The first-order chi connectivity index (χ1) is 26.1. The van der Waals surface area contributed by atoms with Crippen LogP contribution >= 0.6 is 0 Å². The topological polar surface area (TPSA) is 189 Å². The summed E-state index contributed by atoms with van der Waals surface area (Å²) >= 11 is 0. The summed E-state index contributed by atoms with van der Waals surface area (Å²) in [5.74, 6) is -0.880. The number of nitrogens with one attached hydrogen (secondary N) is 3. The Balaban J connectivity index is 1.61. The van der Waals surface area contributed by atoms with Gasteiger partial charge >= 0.3 is 18.2 Å². The third-order valence-electron chi connectivity index (χ3n) is 10.8. The molecule has 1 aromatic carbocycles. The first kappa shape index (κ1) is 45.1. The van der Waals surface area contributed by atoms with Gasteiger partial charge in [-0.1, -0.05) is 39.8 Å². The second-order valence-electron chi connectivity index (χ2n) is 18.5. The minimum Gasteiger partial charge on any atom is -0.491 e. The number of ether oxygens (including phenoxy) is 6. The monoisotopic (exact) mass is 788 g/mol. The van der Waals surface area contributed by atoms with Gasteiger partial charge in [0, 0.05) is 35.4 Å². The Bertz CT molecular complexity index is 1500. The lowest BCUT2D eigenvalue weighted by atomic mass is 9.65. The third kappa shape index (κ3) is 12.7. The lowest BCUT2D eigenvalue weighted by Crippen LogP contribution is -2.61. The Morgan fingerprint density at radius 3 is 2.29 bits per heavy atom. The number of nitrogens with two attached hydrogens (primary N) is 1. The molecule has 2 fully saturated rings. The van der Waals surface area contributed by atoms with E-state index in [0.717, 1.165) is 5.56 Å². The zero-order valence-electron chi connectivity index (χ0n) is 35.3. The van der Waals surface area contributed by atoms with Gasteiger partial charge in [0.2, 0.25) is 0 Å². The SMILES string of the molecule is CNC1C(C)C(OC2C(C)CC(CCC(=O)OC(C)(C)C)C(C3OC(CNC(=O)OCc4ccc(N)cc4)=CCC3NC(=O)OC(C)(C)C)C2O)OCC1(C)C. The first-order valence-electron chi connectivity index (χ1n) is 20.0. The largest absolute Gasteiger partial charge is 0.491 e. The van der Waals surface area contributed by atoms with Crippen LogP contribution in [-0.4, -0.2) is 91.3 Å². The van der Waals surface area contributed by atoms with E-state index in [1.807, 2.05) is 34.7 Å². The number of amides is 2. The second-order valence-corrected chi connectivity index (χ2v) is 18.5. The number of aliphatic hydroxyl groups is 1. The van der Waals surface area contributed by atoms with Crippen molar-refractivity contribution in [3.05, 3.63) is 41.7 Å². The smallest absolute Gasteiger partial charge is 0.408 e. The van der Waals surface area contributed by atoms with Crippen LogP contribution in [-0.2, 0) is 39.8 Å². The van der Waals surface area contributed by atoms with E-state index in [4.69, 9.17) is 34.2 Å². The van der Waals surface area contributed by atoms with Gasteiger partial charge in [-0.2, -0.15) is 0 Å². The summed E-state index contributed by atoms with van der Waals surface area (Å²) in [6.45, 7) is 19.8. The Kier molecular flexibility index (Phi) is 15.1.